The van der Waals surface area contributed by atoms with Crippen LogP contribution in [0.2, 0.25) is 0 Å². The molecule has 1 aromatic rings. The monoisotopic (exact) mass is 345 g/mol. The van der Waals surface area contributed by atoms with Gasteiger partial charge < -0.3 is 15.3 Å². The molecule has 1 amide bonds. The molecule has 24 heavy (non-hydrogen) atoms. The molecule has 2 N–H and O–H groups in total. The Kier molecular flexibility index (Phi) is 6.59. The number of carbonyl (C=O) groups excluding carboxylic acids is 1. The number of likely N-dealkylation sites (N-methyl/N-ethyl adjacent to an activating group) is 1. The topological polar surface area (TPSA) is 55.8 Å². The van der Waals surface area contributed by atoms with E-state index in [0.717, 1.165) is 44.9 Å². The van der Waals surface area contributed by atoms with E-state index in [1.54, 1.807) is 0 Å². The van der Waals surface area contributed by atoms with Crippen LogP contribution in [0.4, 0.5) is 13.2 Å². The summed E-state index contributed by atoms with van der Waals surface area (Å²) in [5.74, 6) is -4.64. The SMILES string of the molecule is CCN1CCN(CC(=O)NC(CO)c2cc(F)c(F)c(F)c2)CC1. The second-order valence-electron chi connectivity index (χ2n) is 5.81. The molecule has 8 heteroatoms. The molecule has 0 bridgehead atoms. The average molecular weight is 345 g/mol. The Bertz CT molecular complexity index is 555. The molecular weight excluding hydrogens is 323 g/mol. The first kappa shape index (κ1) is 18.7. The fraction of sp³-hybridized carbons (Fsp3) is 0.562. The van der Waals surface area contributed by atoms with Crippen LogP contribution < -0.4 is 5.32 Å². The van der Waals surface area contributed by atoms with Crippen molar-refractivity contribution in [3.8, 4) is 0 Å². The number of nitrogens with zero attached hydrogens (tertiary/aromatic N) is 2. The number of aliphatic hydroxyl groups is 1. The van der Waals surface area contributed by atoms with E-state index < -0.39 is 30.1 Å². The second kappa shape index (κ2) is 8.46. The quantitative estimate of drug-likeness (QED) is 0.752. The summed E-state index contributed by atoms with van der Waals surface area (Å²) in [6.07, 6.45) is 0. The van der Waals surface area contributed by atoms with Gasteiger partial charge in [0, 0.05) is 26.2 Å². The van der Waals surface area contributed by atoms with Gasteiger partial charge in [0.1, 0.15) is 0 Å². The Morgan fingerprint density at radius 3 is 2.21 bits per heavy atom. The fourth-order valence-corrected chi connectivity index (χ4v) is 2.72. The zero-order chi connectivity index (χ0) is 17.7. The number of aliphatic hydroxyl groups excluding tert-OH is 1. The highest BCUT2D eigenvalue weighted by Gasteiger charge is 2.21. The number of carbonyl (C=O) groups is 1. The molecule has 0 saturated carbocycles. The van der Waals surface area contributed by atoms with Crippen molar-refractivity contribution in [2.75, 3.05) is 45.9 Å². The van der Waals surface area contributed by atoms with Crippen LogP contribution in [0.1, 0.15) is 18.5 Å². The first-order valence-corrected chi connectivity index (χ1v) is 7.94. The van der Waals surface area contributed by atoms with Gasteiger partial charge in [0.15, 0.2) is 17.5 Å². The lowest BCUT2D eigenvalue weighted by Crippen LogP contribution is -2.49. The molecule has 1 aliphatic heterocycles. The van der Waals surface area contributed by atoms with Crippen molar-refractivity contribution in [3.63, 3.8) is 0 Å². The lowest BCUT2D eigenvalue weighted by Gasteiger charge is -2.33. The normalized spacial score (nSPS) is 17.7. The maximum atomic E-state index is 13.3. The summed E-state index contributed by atoms with van der Waals surface area (Å²) in [6, 6.07) is 0.568. The molecular formula is C16H22F3N3O2. The summed E-state index contributed by atoms with van der Waals surface area (Å²) in [4.78, 5) is 16.3. The Morgan fingerprint density at radius 1 is 1.17 bits per heavy atom. The smallest absolute Gasteiger partial charge is 0.234 e. The molecule has 1 fully saturated rings. The van der Waals surface area contributed by atoms with E-state index in [-0.39, 0.29) is 18.0 Å². The molecule has 1 aromatic carbocycles. The predicted molar refractivity (Wildman–Crippen MR) is 82.8 cm³/mol. The van der Waals surface area contributed by atoms with Gasteiger partial charge in [-0.15, -0.1) is 0 Å². The number of halogens is 3. The third-order valence-electron chi connectivity index (χ3n) is 4.21. The third kappa shape index (κ3) is 4.68. The summed E-state index contributed by atoms with van der Waals surface area (Å²) in [5.41, 5.74) is -0.0157. The van der Waals surface area contributed by atoms with E-state index >= 15 is 0 Å². The van der Waals surface area contributed by atoms with Gasteiger partial charge in [-0.1, -0.05) is 6.92 Å². The zero-order valence-corrected chi connectivity index (χ0v) is 13.6. The minimum atomic E-state index is -1.57. The number of amides is 1. The van der Waals surface area contributed by atoms with E-state index in [2.05, 4.69) is 17.1 Å². The van der Waals surface area contributed by atoms with Gasteiger partial charge in [0.25, 0.3) is 0 Å². The van der Waals surface area contributed by atoms with E-state index in [1.165, 1.54) is 0 Å². The number of hydrogen-bond donors (Lipinski definition) is 2. The van der Waals surface area contributed by atoms with Gasteiger partial charge in [0.05, 0.1) is 19.2 Å². The molecule has 1 heterocycles. The van der Waals surface area contributed by atoms with Crippen molar-refractivity contribution < 1.29 is 23.1 Å². The molecule has 0 aliphatic carbocycles. The second-order valence-corrected chi connectivity index (χ2v) is 5.81. The number of piperazine rings is 1. The number of rotatable bonds is 6. The van der Waals surface area contributed by atoms with Crippen LogP contribution in [0.5, 0.6) is 0 Å². The van der Waals surface area contributed by atoms with Crippen LogP contribution in [-0.4, -0.2) is 66.7 Å². The van der Waals surface area contributed by atoms with Gasteiger partial charge in [-0.25, -0.2) is 13.2 Å². The molecule has 1 saturated heterocycles. The summed E-state index contributed by atoms with van der Waals surface area (Å²) < 4.78 is 39.6. The Morgan fingerprint density at radius 2 is 1.71 bits per heavy atom. The standard InChI is InChI=1S/C16H22F3N3O2/c1-2-21-3-5-22(6-4-21)9-15(24)20-14(10-23)11-7-12(17)16(19)13(18)8-11/h7-8,14,23H,2-6,9-10H2,1H3,(H,20,24). The van der Waals surface area contributed by atoms with Crippen LogP contribution in [0.25, 0.3) is 0 Å². The molecule has 0 spiro atoms. The lowest BCUT2D eigenvalue weighted by atomic mass is 10.1. The molecule has 1 aliphatic rings. The van der Waals surface area contributed by atoms with Gasteiger partial charge in [0.2, 0.25) is 5.91 Å². The highest BCUT2D eigenvalue weighted by Crippen LogP contribution is 2.19. The molecule has 2 rings (SSSR count). The van der Waals surface area contributed by atoms with Gasteiger partial charge in [-0.05, 0) is 24.2 Å². The Balaban J connectivity index is 1.94. The maximum absolute atomic E-state index is 13.3. The van der Waals surface area contributed by atoms with Gasteiger partial charge >= 0.3 is 0 Å². The first-order chi connectivity index (χ1) is 11.4. The maximum Gasteiger partial charge on any atom is 0.234 e. The fourth-order valence-electron chi connectivity index (χ4n) is 2.72. The lowest BCUT2D eigenvalue weighted by molar-refractivity contribution is -0.123. The van der Waals surface area contributed by atoms with Crippen molar-refractivity contribution in [1.82, 2.24) is 15.1 Å². The average Bonchev–Trinajstić information content (AvgIpc) is 2.57. The molecule has 5 nitrogen and oxygen atoms in total. The van der Waals surface area contributed by atoms with Crippen LogP contribution in [0.15, 0.2) is 12.1 Å². The van der Waals surface area contributed by atoms with E-state index in [9.17, 15) is 23.1 Å². The van der Waals surface area contributed by atoms with Crippen molar-refractivity contribution in [1.29, 1.82) is 0 Å². The Labute approximate surface area is 139 Å². The third-order valence-corrected chi connectivity index (χ3v) is 4.21. The van der Waals surface area contributed by atoms with Crippen LogP contribution in [0, 0.1) is 17.5 Å². The van der Waals surface area contributed by atoms with Crippen molar-refractivity contribution >= 4 is 5.91 Å². The summed E-state index contributed by atoms with van der Waals surface area (Å²) >= 11 is 0. The minimum Gasteiger partial charge on any atom is -0.394 e. The highest BCUT2D eigenvalue weighted by atomic mass is 19.2. The molecule has 0 aromatic heterocycles. The summed E-state index contributed by atoms with van der Waals surface area (Å²) in [7, 11) is 0. The zero-order valence-electron chi connectivity index (χ0n) is 13.6. The largest absolute Gasteiger partial charge is 0.394 e. The summed E-state index contributed by atoms with van der Waals surface area (Å²) in [6.45, 7) is 5.91. The van der Waals surface area contributed by atoms with Crippen LogP contribution in [-0.2, 0) is 4.79 Å². The number of benzene rings is 1. The van der Waals surface area contributed by atoms with E-state index in [0.29, 0.717) is 0 Å². The van der Waals surface area contributed by atoms with Gasteiger partial charge in [-0.2, -0.15) is 0 Å². The molecule has 134 valence electrons. The van der Waals surface area contributed by atoms with Crippen molar-refractivity contribution in [2.24, 2.45) is 0 Å². The summed E-state index contributed by atoms with van der Waals surface area (Å²) in [5, 5.41) is 11.9. The number of nitrogens with one attached hydrogen (secondary N) is 1. The van der Waals surface area contributed by atoms with Crippen LogP contribution in [0.3, 0.4) is 0 Å². The molecule has 1 atom stereocenters. The van der Waals surface area contributed by atoms with Crippen LogP contribution >= 0.6 is 0 Å². The minimum absolute atomic E-state index is 0.0157. The predicted octanol–water partition coefficient (Wildman–Crippen LogP) is 0.891. The van der Waals surface area contributed by atoms with E-state index in [1.807, 2.05) is 4.90 Å². The molecule has 1 unspecified atom stereocenters. The van der Waals surface area contributed by atoms with Gasteiger partial charge in [-0.3, -0.25) is 9.69 Å². The Hall–Kier alpha value is -1.64. The van der Waals surface area contributed by atoms with E-state index in [4.69, 9.17) is 0 Å². The molecule has 0 radical (unpaired) electrons. The first-order valence-electron chi connectivity index (χ1n) is 7.94. The highest BCUT2D eigenvalue weighted by molar-refractivity contribution is 5.78. The van der Waals surface area contributed by atoms with Crippen molar-refractivity contribution in [2.45, 2.75) is 13.0 Å². The van der Waals surface area contributed by atoms with Crippen molar-refractivity contribution in [3.05, 3.63) is 35.1 Å². The number of hydrogen-bond acceptors (Lipinski definition) is 4.